The molecule has 0 radical (unpaired) electrons. The fourth-order valence-corrected chi connectivity index (χ4v) is 2.68. The lowest BCUT2D eigenvalue weighted by Crippen LogP contribution is -2.37. The van der Waals surface area contributed by atoms with Gasteiger partial charge in [-0.25, -0.2) is 4.99 Å². The van der Waals surface area contributed by atoms with Crippen LogP contribution in [0.15, 0.2) is 23.2 Å². The molecular formula is C21H35N3O2. The Hall–Kier alpha value is -1.75. The number of hydrogen-bond donors (Lipinski definition) is 2. The van der Waals surface area contributed by atoms with Gasteiger partial charge >= 0.3 is 0 Å². The Morgan fingerprint density at radius 1 is 1.19 bits per heavy atom. The van der Waals surface area contributed by atoms with Crippen LogP contribution >= 0.6 is 0 Å². The molecule has 0 aromatic heterocycles. The maximum absolute atomic E-state index is 6.05. The highest BCUT2D eigenvalue weighted by atomic mass is 16.5. The van der Waals surface area contributed by atoms with E-state index >= 15 is 0 Å². The van der Waals surface area contributed by atoms with Gasteiger partial charge in [0, 0.05) is 32.4 Å². The molecular weight excluding hydrogens is 326 g/mol. The van der Waals surface area contributed by atoms with Crippen molar-refractivity contribution in [2.24, 2.45) is 10.9 Å². The van der Waals surface area contributed by atoms with Crippen LogP contribution < -0.4 is 15.4 Å². The quantitative estimate of drug-likeness (QED) is 0.339. The van der Waals surface area contributed by atoms with Gasteiger partial charge in [-0.3, -0.25) is 0 Å². The monoisotopic (exact) mass is 361 g/mol. The van der Waals surface area contributed by atoms with Gasteiger partial charge in [0.05, 0.1) is 13.2 Å². The average molecular weight is 362 g/mol. The summed E-state index contributed by atoms with van der Waals surface area (Å²) < 4.78 is 11.1. The zero-order valence-corrected chi connectivity index (χ0v) is 16.6. The number of aryl methyl sites for hydroxylation is 1. The van der Waals surface area contributed by atoms with Crippen molar-refractivity contribution in [1.82, 2.24) is 10.6 Å². The van der Waals surface area contributed by atoms with Crippen molar-refractivity contribution in [1.29, 1.82) is 0 Å². The van der Waals surface area contributed by atoms with Gasteiger partial charge in [-0.2, -0.15) is 0 Å². The van der Waals surface area contributed by atoms with Crippen LogP contribution in [0, 0.1) is 12.8 Å². The summed E-state index contributed by atoms with van der Waals surface area (Å²) in [5.41, 5.74) is 2.37. The lowest BCUT2D eigenvalue weighted by atomic mass is 10.1. The zero-order valence-electron chi connectivity index (χ0n) is 16.6. The Labute approximate surface area is 158 Å². The van der Waals surface area contributed by atoms with Gasteiger partial charge in [-0.1, -0.05) is 12.1 Å². The van der Waals surface area contributed by atoms with Crippen LogP contribution in [0.2, 0.25) is 0 Å². The maximum Gasteiger partial charge on any atom is 0.191 e. The molecule has 2 rings (SSSR count). The molecule has 1 saturated carbocycles. The number of benzene rings is 1. The number of methoxy groups -OCH3 is 1. The van der Waals surface area contributed by atoms with E-state index in [1.54, 1.807) is 7.11 Å². The zero-order chi connectivity index (χ0) is 18.6. The summed E-state index contributed by atoms with van der Waals surface area (Å²) in [5, 5.41) is 6.74. The van der Waals surface area contributed by atoms with E-state index in [0.717, 1.165) is 68.8 Å². The highest BCUT2D eigenvalue weighted by Gasteiger charge is 2.22. The molecule has 2 N–H and O–H groups in total. The Morgan fingerprint density at radius 2 is 2.04 bits per heavy atom. The molecule has 5 heteroatoms. The SMILES string of the molecule is CCNC(=NCc1ccc(C)cc1OCC1CC1)NCCCCCOC. The lowest BCUT2D eigenvalue weighted by Gasteiger charge is -2.13. The van der Waals surface area contributed by atoms with Crippen LogP contribution in [-0.4, -0.2) is 39.4 Å². The molecule has 0 heterocycles. The molecule has 1 aliphatic rings. The molecule has 1 aromatic carbocycles. The van der Waals surface area contributed by atoms with Gasteiger partial charge in [-0.05, 0) is 63.5 Å². The third-order valence-electron chi connectivity index (χ3n) is 4.46. The van der Waals surface area contributed by atoms with Crippen molar-refractivity contribution in [2.75, 3.05) is 33.4 Å². The third-order valence-corrected chi connectivity index (χ3v) is 4.46. The van der Waals surface area contributed by atoms with Gasteiger partial charge < -0.3 is 20.1 Å². The maximum atomic E-state index is 6.05. The smallest absolute Gasteiger partial charge is 0.191 e. The van der Waals surface area contributed by atoms with Crippen molar-refractivity contribution in [3.8, 4) is 5.75 Å². The second-order valence-corrected chi connectivity index (χ2v) is 7.04. The molecule has 0 atom stereocenters. The van der Waals surface area contributed by atoms with Gasteiger partial charge in [0.15, 0.2) is 5.96 Å². The number of unbranched alkanes of at least 4 members (excludes halogenated alkanes) is 2. The largest absolute Gasteiger partial charge is 0.493 e. The van der Waals surface area contributed by atoms with Crippen molar-refractivity contribution in [2.45, 2.75) is 52.5 Å². The number of hydrogen-bond acceptors (Lipinski definition) is 3. The molecule has 0 aliphatic heterocycles. The fourth-order valence-electron chi connectivity index (χ4n) is 2.68. The fraction of sp³-hybridized carbons (Fsp3) is 0.667. The molecule has 5 nitrogen and oxygen atoms in total. The van der Waals surface area contributed by atoms with Crippen molar-refractivity contribution < 1.29 is 9.47 Å². The summed E-state index contributed by atoms with van der Waals surface area (Å²) >= 11 is 0. The minimum absolute atomic E-state index is 0.624. The summed E-state index contributed by atoms with van der Waals surface area (Å²) in [4.78, 5) is 4.74. The first-order valence-electron chi connectivity index (χ1n) is 9.96. The Balaban J connectivity index is 1.86. The highest BCUT2D eigenvalue weighted by Crippen LogP contribution is 2.30. The number of ether oxygens (including phenoxy) is 2. The first-order valence-corrected chi connectivity index (χ1v) is 9.96. The van der Waals surface area contributed by atoms with Gasteiger partial charge in [0.2, 0.25) is 0 Å². The topological polar surface area (TPSA) is 54.9 Å². The minimum atomic E-state index is 0.624. The van der Waals surface area contributed by atoms with E-state index in [4.69, 9.17) is 14.5 Å². The first-order chi connectivity index (χ1) is 12.7. The first kappa shape index (κ1) is 20.6. The van der Waals surface area contributed by atoms with Crippen molar-refractivity contribution in [3.05, 3.63) is 29.3 Å². The molecule has 1 aromatic rings. The number of nitrogens with one attached hydrogen (secondary N) is 2. The molecule has 146 valence electrons. The Bertz CT molecular complexity index is 556. The molecule has 1 fully saturated rings. The summed E-state index contributed by atoms with van der Waals surface area (Å²) in [6, 6.07) is 6.39. The number of guanidine groups is 1. The molecule has 0 spiro atoms. The standard InChI is InChI=1S/C21H35N3O2/c1-4-22-21(23-12-6-5-7-13-25-3)24-15-19-11-8-17(2)14-20(19)26-16-18-9-10-18/h8,11,14,18H,4-7,9-10,12-13,15-16H2,1-3H3,(H2,22,23,24). The highest BCUT2D eigenvalue weighted by molar-refractivity contribution is 5.79. The predicted octanol–water partition coefficient (Wildman–Crippen LogP) is 3.66. The normalized spacial score (nSPS) is 14.3. The Morgan fingerprint density at radius 3 is 2.77 bits per heavy atom. The molecule has 0 saturated heterocycles. The summed E-state index contributed by atoms with van der Waals surface area (Å²) in [6.07, 6.45) is 6.00. The lowest BCUT2D eigenvalue weighted by molar-refractivity contribution is 0.192. The van der Waals surface area contributed by atoms with E-state index in [2.05, 4.69) is 42.7 Å². The van der Waals surface area contributed by atoms with E-state index in [-0.39, 0.29) is 0 Å². The van der Waals surface area contributed by atoms with Crippen LogP contribution in [0.25, 0.3) is 0 Å². The van der Waals surface area contributed by atoms with Gasteiger partial charge in [0.1, 0.15) is 5.75 Å². The van der Waals surface area contributed by atoms with E-state index in [1.165, 1.54) is 18.4 Å². The van der Waals surface area contributed by atoms with Crippen LogP contribution in [0.4, 0.5) is 0 Å². The van der Waals surface area contributed by atoms with Crippen LogP contribution in [0.3, 0.4) is 0 Å². The van der Waals surface area contributed by atoms with E-state index < -0.39 is 0 Å². The summed E-state index contributed by atoms with van der Waals surface area (Å²) in [5.74, 6) is 2.60. The number of aliphatic imine (C=N–C) groups is 1. The molecule has 0 bridgehead atoms. The summed E-state index contributed by atoms with van der Waals surface area (Å²) in [6.45, 7) is 8.27. The minimum Gasteiger partial charge on any atom is -0.493 e. The molecule has 1 aliphatic carbocycles. The van der Waals surface area contributed by atoms with Crippen molar-refractivity contribution in [3.63, 3.8) is 0 Å². The van der Waals surface area contributed by atoms with Crippen LogP contribution in [-0.2, 0) is 11.3 Å². The van der Waals surface area contributed by atoms with E-state index in [1.807, 2.05) is 0 Å². The third kappa shape index (κ3) is 8.09. The Kier molecular flexibility index (Phi) is 9.32. The predicted molar refractivity (Wildman–Crippen MR) is 108 cm³/mol. The second-order valence-electron chi connectivity index (χ2n) is 7.04. The molecule has 26 heavy (non-hydrogen) atoms. The average Bonchev–Trinajstić information content (AvgIpc) is 3.46. The van der Waals surface area contributed by atoms with Gasteiger partial charge in [-0.15, -0.1) is 0 Å². The van der Waals surface area contributed by atoms with Crippen LogP contribution in [0.5, 0.6) is 5.75 Å². The van der Waals surface area contributed by atoms with Crippen LogP contribution in [0.1, 0.15) is 50.2 Å². The van der Waals surface area contributed by atoms with E-state index in [0.29, 0.717) is 6.54 Å². The van der Waals surface area contributed by atoms with Crippen molar-refractivity contribution >= 4 is 5.96 Å². The number of rotatable bonds is 12. The summed E-state index contributed by atoms with van der Waals surface area (Å²) in [7, 11) is 1.75. The second kappa shape index (κ2) is 11.8. The van der Waals surface area contributed by atoms with Gasteiger partial charge in [0.25, 0.3) is 0 Å². The van der Waals surface area contributed by atoms with E-state index in [9.17, 15) is 0 Å². The number of nitrogens with zero attached hydrogens (tertiary/aromatic N) is 1. The molecule has 0 unspecified atom stereocenters. The molecule has 0 amide bonds.